The molecule has 0 aromatic heterocycles. The summed E-state index contributed by atoms with van der Waals surface area (Å²) in [5.74, 6) is 1.68. The first-order valence-corrected chi connectivity index (χ1v) is 8.14. The van der Waals surface area contributed by atoms with E-state index >= 15 is 0 Å². The molecule has 5 heteroatoms. The lowest BCUT2D eigenvalue weighted by Crippen LogP contribution is -2.39. The summed E-state index contributed by atoms with van der Waals surface area (Å²) in [5.41, 5.74) is 1.32. The number of ether oxygens (including phenoxy) is 2. The number of nitrogens with one attached hydrogen (secondary N) is 1. The molecule has 0 spiro atoms. The van der Waals surface area contributed by atoms with E-state index in [1.54, 1.807) is 0 Å². The summed E-state index contributed by atoms with van der Waals surface area (Å²) in [6.07, 6.45) is 8.10. The van der Waals surface area contributed by atoms with E-state index in [9.17, 15) is 4.39 Å². The minimum atomic E-state index is -0.655. The molecule has 2 aliphatic heterocycles. The molecule has 0 aromatic rings. The summed E-state index contributed by atoms with van der Waals surface area (Å²) < 4.78 is 24.6. The first kappa shape index (κ1) is 15.6. The lowest BCUT2D eigenvalue weighted by atomic mass is 10.0. The number of alkyl halides is 1. The molecule has 1 fully saturated rings. The SMILES string of the molecule is CN[C@@H](CC1=CC2=C(C=CC1)OCCO2)CN1CCC(F)C1. The van der Waals surface area contributed by atoms with Crippen LogP contribution in [0.3, 0.4) is 0 Å². The topological polar surface area (TPSA) is 33.7 Å². The molecular weight excluding hydrogens is 283 g/mol. The first-order chi connectivity index (χ1) is 10.7. The number of likely N-dealkylation sites (N-methyl/N-ethyl adjacent to an activating group) is 1. The Morgan fingerprint density at radius 2 is 2.18 bits per heavy atom. The molecule has 0 amide bonds. The van der Waals surface area contributed by atoms with E-state index in [0.29, 0.717) is 32.2 Å². The Balaban J connectivity index is 1.62. The number of hydrogen-bond donors (Lipinski definition) is 1. The van der Waals surface area contributed by atoms with Crippen LogP contribution in [0.1, 0.15) is 19.3 Å². The van der Waals surface area contributed by atoms with Gasteiger partial charge in [-0.3, -0.25) is 4.90 Å². The molecule has 4 nitrogen and oxygen atoms in total. The zero-order valence-electron chi connectivity index (χ0n) is 13.2. The quantitative estimate of drug-likeness (QED) is 0.844. The Morgan fingerprint density at radius 1 is 1.36 bits per heavy atom. The number of nitrogens with zero attached hydrogens (tertiary/aromatic N) is 1. The Hall–Kier alpha value is -1.33. The fourth-order valence-corrected chi connectivity index (χ4v) is 3.23. The number of halogens is 1. The van der Waals surface area contributed by atoms with E-state index in [1.807, 2.05) is 13.1 Å². The van der Waals surface area contributed by atoms with Crippen molar-refractivity contribution >= 4 is 0 Å². The van der Waals surface area contributed by atoms with E-state index in [2.05, 4.69) is 22.4 Å². The molecule has 122 valence electrons. The predicted octanol–water partition coefficient (Wildman–Crippen LogP) is 2.15. The van der Waals surface area contributed by atoms with Crippen molar-refractivity contribution in [1.82, 2.24) is 10.2 Å². The Labute approximate surface area is 131 Å². The predicted molar refractivity (Wildman–Crippen MR) is 84.2 cm³/mol. The molecular formula is C17H25FN2O2. The van der Waals surface area contributed by atoms with Crippen LogP contribution in [0, 0.1) is 0 Å². The van der Waals surface area contributed by atoms with E-state index < -0.39 is 6.17 Å². The van der Waals surface area contributed by atoms with Gasteiger partial charge in [0.15, 0.2) is 11.5 Å². The van der Waals surface area contributed by atoms with Gasteiger partial charge in [-0.1, -0.05) is 11.6 Å². The van der Waals surface area contributed by atoms with E-state index in [-0.39, 0.29) is 0 Å². The minimum absolute atomic E-state index is 0.330. The molecule has 1 aliphatic carbocycles. The Bertz CT molecular complexity index is 487. The molecule has 22 heavy (non-hydrogen) atoms. The molecule has 0 bridgehead atoms. The molecule has 1 saturated heterocycles. The van der Waals surface area contributed by atoms with Crippen LogP contribution in [-0.4, -0.2) is 57.0 Å². The number of hydrogen-bond acceptors (Lipinski definition) is 4. The van der Waals surface area contributed by atoms with Gasteiger partial charge in [-0.05, 0) is 38.5 Å². The average Bonchev–Trinajstić information content (AvgIpc) is 2.82. The van der Waals surface area contributed by atoms with Crippen LogP contribution in [0.4, 0.5) is 4.39 Å². The van der Waals surface area contributed by atoms with Crippen molar-refractivity contribution in [2.24, 2.45) is 0 Å². The molecule has 0 aromatic carbocycles. The minimum Gasteiger partial charge on any atom is -0.486 e. The fraction of sp³-hybridized carbons (Fsp3) is 0.647. The van der Waals surface area contributed by atoms with E-state index in [4.69, 9.17) is 9.47 Å². The van der Waals surface area contributed by atoms with Crippen molar-refractivity contribution in [3.63, 3.8) is 0 Å². The van der Waals surface area contributed by atoms with E-state index in [0.717, 1.165) is 37.4 Å². The van der Waals surface area contributed by atoms with Gasteiger partial charge in [0.1, 0.15) is 19.4 Å². The highest BCUT2D eigenvalue weighted by atomic mass is 19.1. The van der Waals surface area contributed by atoms with Gasteiger partial charge in [0, 0.05) is 25.7 Å². The van der Waals surface area contributed by atoms with Gasteiger partial charge >= 0.3 is 0 Å². The summed E-state index contributed by atoms with van der Waals surface area (Å²) in [6.45, 7) is 3.55. The normalized spacial score (nSPS) is 26.8. The highest BCUT2D eigenvalue weighted by Crippen LogP contribution is 2.25. The van der Waals surface area contributed by atoms with Crippen LogP contribution in [-0.2, 0) is 9.47 Å². The van der Waals surface area contributed by atoms with E-state index in [1.165, 1.54) is 5.57 Å². The average molecular weight is 308 g/mol. The smallest absolute Gasteiger partial charge is 0.161 e. The largest absolute Gasteiger partial charge is 0.486 e. The monoisotopic (exact) mass is 308 g/mol. The van der Waals surface area contributed by atoms with Crippen molar-refractivity contribution in [1.29, 1.82) is 0 Å². The highest BCUT2D eigenvalue weighted by molar-refractivity contribution is 5.33. The van der Waals surface area contributed by atoms with Crippen molar-refractivity contribution in [2.75, 3.05) is 39.9 Å². The molecule has 0 saturated carbocycles. The van der Waals surface area contributed by atoms with Crippen LogP contribution in [0.15, 0.2) is 35.3 Å². The second kappa shape index (κ2) is 7.29. The lowest BCUT2D eigenvalue weighted by molar-refractivity contribution is 0.0769. The zero-order valence-corrected chi connectivity index (χ0v) is 13.2. The van der Waals surface area contributed by atoms with Gasteiger partial charge < -0.3 is 14.8 Å². The second-order valence-corrected chi connectivity index (χ2v) is 6.17. The summed E-state index contributed by atoms with van der Waals surface area (Å²) in [6, 6.07) is 0.330. The lowest BCUT2D eigenvalue weighted by Gasteiger charge is -2.24. The first-order valence-electron chi connectivity index (χ1n) is 8.14. The zero-order chi connectivity index (χ0) is 15.4. The van der Waals surface area contributed by atoms with Gasteiger partial charge in [-0.2, -0.15) is 0 Å². The van der Waals surface area contributed by atoms with Crippen LogP contribution in [0.25, 0.3) is 0 Å². The van der Waals surface area contributed by atoms with Crippen LogP contribution < -0.4 is 5.32 Å². The highest BCUT2D eigenvalue weighted by Gasteiger charge is 2.24. The maximum absolute atomic E-state index is 13.3. The molecule has 1 unspecified atom stereocenters. The van der Waals surface area contributed by atoms with Crippen molar-refractivity contribution in [3.05, 3.63) is 35.3 Å². The van der Waals surface area contributed by atoms with Crippen LogP contribution >= 0.6 is 0 Å². The summed E-state index contributed by atoms with van der Waals surface area (Å²) >= 11 is 0. The van der Waals surface area contributed by atoms with Gasteiger partial charge in [0.25, 0.3) is 0 Å². The second-order valence-electron chi connectivity index (χ2n) is 6.17. The molecule has 2 heterocycles. The molecule has 1 N–H and O–H groups in total. The number of rotatable bonds is 5. The third kappa shape index (κ3) is 3.90. The van der Waals surface area contributed by atoms with Crippen molar-refractivity contribution in [2.45, 2.75) is 31.5 Å². The molecule has 3 aliphatic rings. The summed E-state index contributed by atoms with van der Waals surface area (Å²) in [7, 11) is 1.98. The van der Waals surface area contributed by atoms with Crippen LogP contribution in [0.5, 0.6) is 0 Å². The molecule has 2 atom stereocenters. The van der Waals surface area contributed by atoms with Gasteiger partial charge in [0.05, 0.1) is 0 Å². The van der Waals surface area contributed by atoms with Crippen molar-refractivity contribution < 1.29 is 13.9 Å². The summed E-state index contributed by atoms with van der Waals surface area (Å²) in [4.78, 5) is 2.21. The number of allylic oxidation sites excluding steroid dienone is 3. The fourth-order valence-electron chi connectivity index (χ4n) is 3.23. The number of likely N-dealkylation sites (tertiary alicyclic amines) is 1. The standard InChI is InChI=1S/C17H25FN2O2/c1-19-15(12-20-6-5-14(18)11-20)9-13-3-2-4-16-17(10-13)22-8-7-21-16/h2,4,10,14-15,19H,3,5-9,11-12H2,1H3/t14?,15-/m0/s1. The summed E-state index contributed by atoms with van der Waals surface area (Å²) in [5, 5.41) is 3.37. The van der Waals surface area contributed by atoms with Crippen LogP contribution in [0.2, 0.25) is 0 Å². The Kier molecular flexibility index (Phi) is 5.16. The Morgan fingerprint density at radius 3 is 2.91 bits per heavy atom. The van der Waals surface area contributed by atoms with Gasteiger partial charge in [-0.15, -0.1) is 0 Å². The third-order valence-corrected chi connectivity index (χ3v) is 4.44. The molecule has 3 rings (SSSR count). The maximum atomic E-state index is 13.3. The maximum Gasteiger partial charge on any atom is 0.161 e. The van der Waals surface area contributed by atoms with Gasteiger partial charge in [0.2, 0.25) is 0 Å². The van der Waals surface area contributed by atoms with Crippen molar-refractivity contribution in [3.8, 4) is 0 Å². The van der Waals surface area contributed by atoms with Gasteiger partial charge in [-0.25, -0.2) is 4.39 Å². The third-order valence-electron chi connectivity index (χ3n) is 4.44. The molecule has 0 radical (unpaired) electrons.